The van der Waals surface area contributed by atoms with E-state index < -0.39 is 0 Å². The molecule has 4 nitrogen and oxygen atoms in total. The summed E-state index contributed by atoms with van der Waals surface area (Å²) in [7, 11) is 1.71. The van der Waals surface area contributed by atoms with E-state index in [1.165, 1.54) is 0 Å². The van der Waals surface area contributed by atoms with Crippen LogP contribution in [0.2, 0.25) is 0 Å². The third-order valence-corrected chi connectivity index (χ3v) is 2.17. The Morgan fingerprint density at radius 1 is 1.44 bits per heavy atom. The molecule has 1 N–H and O–H groups in total. The highest BCUT2D eigenvalue weighted by molar-refractivity contribution is 5.37. The zero-order chi connectivity index (χ0) is 11.8. The summed E-state index contributed by atoms with van der Waals surface area (Å²) in [6, 6.07) is 6.06. The minimum atomic E-state index is 0.337. The van der Waals surface area contributed by atoms with E-state index in [0.29, 0.717) is 18.5 Å². The third-order valence-electron chi connectivity index (χ3n) is 2.17. The minimum absolute atomic E-state index is 0.337. The van der Waals surface area contributed by atoms with Gasteiger partial charge in [0.05, 0.1) is 6.61 Å². The molecule has 1 rings (SSSR count). The van der Waals surface area contributed by atoms with Crippen LogP contribution in [0.1, 0.15) is 20.3 Å². The Labute approximate surface area is 97.0 Å². The molecule has 1 atom stereocenters. The number of pyridine rings is 1. The van der Waals surface area contributed by atoms with Gasteiger partial charge in [0.15, 0.2) is 0 Å². The second-order valence-electron chi connectivity index (χ2n) is 3.62. The maximum absolute atomic E-state index is 5.33. The molecule has 0 aliphatic carbocycles. The first-order valence-corrected chi connectivity index (χ1v) is 5.61. The van der Waals surface area contributed by atoms with E-state index >= 15 is 0 Å². The van der Waals surface area contributed by atoms with Crippen molar-refractivity contribution in [3.63, 3.8) is 0 Å². The Bertz CT molecular complexity index is 305. The smallest absolute Gasteiger partial charge is 0.215 e. The Hall–Kier alpha value is -1.29. The molecular formula is C12H20N2O2. The Kier molecular flexibility index (Phi) is 5.64. The van der Waals surface area contributed by atoms with Gasteiger partial charge in [0, 0.05) is 25.8 Å². The van der Waals surface area contributed by atoms with Gasteiger partial charge in [-0.1, -0.05) is 6.07 Å². The average Bonchev–Trinajstić information content (AvgIpc) is 2.27. The van der Waals surface area contributed by atoms with Gasteiger partial charge in [0.25, 0.3) is 0 Å². The van der Waals surface area contributed by atoms with E-state index in [1.54, 1.807) is 7.11 Å². The zero-order valence-corrected chi connectivity index (χ0v) is 10.2. The molecule has 0 radical (unpaired) electrons. The number of hydrogen-bond acceptors (Lipinski definition) is 4. The molecule has 0 aliphatic heterocycles. The molecule has 1 heterocycles. The van der Waals surface area contributed by atoms with Crippen molar-refractivity contribution < 1.29 is 9.47 Å². The summed E-state index contributed by atoms with van der Waals surface area (Å²) in [5.41, 5.74) is 0. The van der Waals surface area contributed by atoms with Gasteiger partial charge >= 0.3 is 0 Å². The summed E-state index contributed by atoms with van der Waals surface area (Å²) >= 11 is 0. The van der Waals surface area contributed by atoms with Crippen LogP contribution in [0.3, 0.4) is 0 Å². The lowest BCUT2D eigenvalue weighted by Gasteiger charge is -2.14. The monoisotopic (exact) mass is 224 g/mol. The molecule has 0 fully saturated rings. The van der Waals surface area contributed by atoms with Crippen molar-refractivity contribution in [1.29, 1.82) is 0 Å². The van der Waals surface area contributed by atoms with Crippen LogP contribution in [0.15, 0.2) is 18.2 Å². The summed E-state index contributed by atoms with van der Waals surface area (Å²) in [4.78, 5) is 4.34. The predicted molar refractivity (Wildman–Crippen MR) is 65.0 cm³/mol. The van der Waals surface area contributed by atoms with E-state index in [4.69, 9.17) is 9.47 Å². The number of methoxy groups -OCH3 is 1. The summed E-state index contributed by atoms with van der Waals surface area (Å²) < 4.78 is 10.4. The lowest BCUT2D eigenvalue weighted by Crippen LogP contribution is -2.18. The second-order valence-corrected chi connectivity index (χ2v) is 3.62. The summed E-state index contributed by atoms with van der Waals surface area (Å²) in [5, 5.41) is 3.30. The number of ether oxygens (including phenoxy) is 2. The largest absolute Gasteiger partial charge is 0.478 e. The predicted octanol–water partition coefficient (Wildman–Crippen LogP) is 2.32. The minimum Gasteiger partial charge on any atom is -0.478 e. The zero-order valence-electron chi connectivity index (χ0n) is 10.2. The van der Waals surface area contributed by atoms with Crippen molar-refractivity contribution >= 4 is 5.82 Å². The van der Waals surface area contributed by atoms with E-state index in [-0.39, 0.29) is 0 Å². The van der Waals surface area contributed by atoms with Gasteiger partial charge in [0.1, 0.15) is 5.82 Å². The van der Waals surface area contributed by atoms with Crippen molar-refractivity contribution in [2.75, 3.05) is 25.6 Å². The number of aromatic nitrogens is 1. The topological polar surface area (TPSA) is 43.4 Å². The van der Waals surface area contributed by atoms with Gasteiger partial charge in [0.2, 0.25) is 5.88 Å². The highest BCUT2D eigenvalue weighted by Crippen LogP contribution is 2.12. The molecule has 0 aliphatic rings. The third kappa shape index (κ3) is 4.49. The molecule has 4 heteroatoms. The van der Waals surface area contributed by atoms with Crippen LogP contribution in [0.5, 0.6) is 5.88 Å². The normalized spacial score (nSPS) is 12.2. The summed E-state index contributed by atoms with van der Waals surface area (Å²) in [6.45, 7) is 5.44. The van der Waals surface area contributed by atoms with Gasteiger partial charge in [-0.3, -0.25) is 0 Å². The fraction of sp³-hybridized carbons (Fsp3) is 0.583. The molecule has 0 saturated carbocycles. The maximum atomic E-state index is 5.33. The number of nitrogens with zero attached hydrogens (tertiary/aromatic N) is 1. The number of anilines is 1. The SMILES string of the molecule is CCOc1cccc(NC(C)CCOC)n1. The molecule has 1 aromatic heterocycles. The Morgan fingerprint density at radius 2 is 2.25 bits per heavy atom. The highest BCUT2D eigenvalue weighted by Gasteiger charge is 2.03. The van der Waals surface area contributed by atoms with Gasteiger partial charge in [-0.15, -0.1) is 0 Å². The van der Waals surface area contributed by atoms with Crippen molar-refractivity contribution in [3.05, 3.63) is 18.2 Å². The molecule has 90 valence electrons. The van der Waals surface area contributed by atoms with Crippen LogP contribution in [0.4, 0.5) is 5.82 Å². The highest BCUT2D eigenvalue weighted by atomic mass is 16.5. The second kappa shape index (κ2) is 7.06. The Morgan fingerprint density at radius 3 is 2.94 bits per heavy atom. The molecule has 1 unspecified atom stereocenters. The standard InChI is InChI=1S/C12H20N2O2/c1-4-16-12-7-5-6-11(14-12)13-10(2)8-9-15-3/h5-7,10H,4,8-9H2,1-3H3,(H,13,14). The first-order chi connectivity index (χ1) is 7.76. The quantitative estimate of drug-likeness (QED) is 0.772. The molecule has 0 spiro atoms. The van der Waals surface area contributed by atoms with Gasteiger partial charge in [-0.25, -0.2) is 0 Å². The van der Waals surface area contributed by atoms with Crippen LogP contribution in [0.25, 0.3) is 0 Å². The summed E-state index contributed by atoms with van der Waals surface area (Å²) in [6.07, 6.45) is 0.955. The van der Waals surface area contributed by atoms with Crippen LogP contribution in [-0.4, -0.2) is 31.3 Å². The molecule has 1 aromatic rings. The molecular weight excluding hydrogens is 204 g/mol. The molecule has 0 bridgehead atoms. The average molecular weight is 224 g/mol. The van der Waals surface area contributed by atoms with E-state index in [0.717, 1.165) is 18.8 Å². The van der Waals surface area contributed by atoms with Crippen LogP contribution in [-0.2, 0) is 4.74 Å². The van der Waals surface area contributed by atoms with E-state index in [9.17, 15) is 0 Å². The molecule has 16 heavy (non-hydrogen) atoms. The Balaban J connectivity index is 2.49. The van der Waals surface area contributed by atoms with Crippen molar-refractivity contribution in [2.24, 2.45) is 0 Å². The first-order valence-electron chi connectivity index (χ1n) is 5.61. The molecule has 0 saturated heterocycles. The van der Waals surface area contributed by atoms with Crippen LogP contribution < -0.4 is 10.1 Å². The van der Waals surface area contributed by atoms with Crippen molar-refractivity contribution in [3.8, 4) is 5.88 Å². The number of nitrogens with one attached hydrogen (secondary N) is 1. The lowest BCUT2D eigenvalue weighted by atomic mass is 10.2. The van der Waals surface area contributed by atoms with E-state index in [1.807, 2.05) is 25.1 Å². The van der Waals surface area contributed by atoms with Crippen LogP contribution in [0, 0.1) is 0 Å². The van der Waals surface area contributed by atoms with Crippen molar-refractivity contribution in [2.45, 2.75) is 26.3 Å². The van der Waals surface area contributed by atoms with Gasteiger partial charge < -0.3 is 14.8 Å². The van der Waals surface area contributed by atoms with Gasteiger partial charge in [-0.2, -0.15) is 4.98 Å². The van der Waals surface area contributed by atoms with Crippen molar-refractivity contribution in [1.82, 2.24) is 4.98 Å². The molecule has 0 amide bonds. The van der Waals surface area contributed by atoms with Crippen LogP contribution >= 0.6 is 0 Å². The first kappa shape index (κ1) is 12.8. The van der Waals surface area contributed by atoms with E-state index in [2.05, 4.69) is 17.2 Å². The number of hydrogen-bond donors (Lipinski definition) is 1. The fourth-order valence-corrected chi connectivity index (χ4v) is 1.34. The van der Waals surface area contributed by atoms with Gasteiger partial charge in [-0.05, 0) is 26.3 Å². The number of rotatable bonds is 7. The fourth-order valence-electron chi connectivity index (χ4n) is 1.34. The maximum Gasteiger partial charge on any atom is 0.215 e. The molecule has 0 aromatic carbocycles. The summed E-state index contributed by atoms with van der Waals surface area (Å²) in [5.74, 6) is 1.50. The lowest BCUT2D eigenvalue weighted by molar-refractivity contribution is 0.191.